The van der Waals surface area contributed by atoms with Gasteiger partial charge in [-0.2, -0.15) is 0 Å². The van der Waals surface area contributed by atoms with Crippen LogP contribution in [-0.2, 0) is 0 Å². The molecule has 1 rings (SSSR count). The van der Waals surface area contributed by atoms with Gasteiger partial charge in [0.05, 0.1) is 12.2 Å². The second-order valence-electron chi connectivity index (χ2n) is 3.01. The standard InChI is InChI=1S/C10H13NO4/c11-10(14)8-3-1-2-4-9(8)15-6-7(13)5-12/h1-4,7,12-13H,5-6H2,(H2,11,14). The van der Waals surface area contributed by atoms with Gasteiger partial charge in [-0.25, -0.2) is 0 Å². The lowest BCUT2D eigenvalue weighted by molar-refractivity contribution is 0.0531. The number of primary amides is 1. The van der Waals surface area contributed by atoms with Crippen LogP contribution in [0.3, 0.4) is 0 Å². The first-order valence-corrected chi connectivity index (χ1v) is 4.45. The Labute approximate surface area is 87.1 Å². The van der Waals surface area contributed by atoms with Crippen LogP contribution in [0.4, 0.5) is 0 Å². The fraction of sp³-hybridized carbons (Fsp3) is 0.300. The predicted molar refractivity (Wildman–Crippen MR) is 53.5 cm³/mol. The molecule has 0 saturated carbocycles. The maximum atomic E-state index is 11.0. The molecule has 1 amide bonds. The van der Waals surface area contributed by atoms with Crippen molar-refractivity contribution in [3.8, 4) is 5.75 Å². The first-order chi connectivity index (χ1) is 7.15. The quantitative estimate of drug-likeness (QED) is 0.613. The fourth-order valence-electron chi connectivity index (χ4n) is 1.03. The van der Waals surface area contributed by atoms with E-state index in [1.165, 1.54) is 6.07 Å². The Morgan fingerprint density at radius 2 is 2.13 bits per heavy atom. The van der Waals surface area contributed by atoms with E-state index in [1.54, 1.807) is 18.2 Å². The van der Waals surface area contributed by atoms with Crippen molar-refractivity contribution < 1.29 is 19.7 Å². The van der Waals surface area contributed by atoms with Gasteiger partial charge in [-0.15, -0.1) is 0 Å². The normalized spacial score (nSPS) is 12.1. The van der Waals surface area contributed by atoms with Gasteiger partial charge in [0.2, 0.25) is 0 Å². The molecular weight excluding hydrogens is 198 g/mol. The van der Waals surface area contributed by atoms with Crippen molar-refractivity contribution in [2.24, 2.45) is 5.73 Å². The Bertz CT molecular complexity index is 340. The molecule has 1 unspecified atom stereocenters. The molecule has 0 aromatic heterocycles. The van der Waals surface area contributed by atoms with Crippen LogP contribution in [0.2, 0.25) is 0 Å². The number of hydrogen-bond acceptors (Lipinski definition) is 4. The Morgan fingerprint density at radius 3 is 2.73 bits per heavy atom. The number of ether oxygens (including phenoxy) is 1. The summed E-state index contributed by atoms with van der Waals surface area (Å²) in [5, 5.41) is 17.6. The summed E-state index contributed by atoms with van der Waals surface area (Å²) in [7, 11) is 0. The molecule has 5 heteroatoms. The molecule has 15 heavy (non-hydrogen) atoms. The summed E-state index contributed by atoms with van der Waals surface area (Å²) >= 11 is 0. The van der Waals surface area contributed by atoms with Crippen molar-refractivity contribution in [2.75, 3.05) is 13.2 Å². The van der Waals surface area contributed by atoms with E-state index in [1.807, 2.05) is 0 Å². The monoisotopic (exact) mass is 211 g/mol. The molecule has 4 N–H and O–H groups in total. The Hall–Kier alpha value is -1.59. The van der Waals surface area contributed by atoms with Crippen LogP contribution in [0.1, 0.15) is 10.4 Å². The zero-order chi connectivity index (χ0) is 11.3. The maximum Gasteiger partial charge on any atom is 0.252 e. The molecule has 0 aliphatic carbocycles. The van der Waals surface area contributed by atoms with Crippen LogP contribution >= 0.6 is 0 Å². The highest BCUT2D eigenvalue weighted by atomic mass is 16.5. The topological polar surface area (TPSA) is 92.8 Å². The number of aliphatic hydroxyl groups excluding tert-OH is 2. The molecule has 0 aliphatic rings. The van der Waals surface area contributed by atoms with E-state index in [0.29, 0.717) is 5.75 Å². The molecule has 0 bridgehead atoms. The second kappa shape index (κ2) is 5.33. The first kappa shape index (κ1) is 11.5. The Balaban J connectivity index is 2.72. The highest BCUT2D eigenvalue weighted by Crippen LogP contribution is 2.17. The van der Waals surface area contributed by atoms with Gasteiger partial charge in [-0.05, 0) is 12.1 Å². The summed E-state index contributed by atoms with van der Waals surface area (Å²) < 4.78 is 5.14. The SMILES string of the molecule is NC(=O)c1ccccc1OCC(O)CO. The van der Waals surface area contributed by atoms with Crippen molar-refractivity contribution in [1.29, 1.82) is 0 Å². The zero-order valence-corrected chi connectivity index (χ0v) is 8.09. The van der Waals surface area contributed by atoms with Gasteiger partial charge < -0.3 is 20.7 Å². The molecule has 0 fully saturated rings. The average Bonchev–Trinajstić information content (AvgIpc) is 2.26. The van der Waals surface area contributed by atoms with Crippen LogP contribution in [-0.4, -0.2) is 35.4 Å². The molecule has 0 aliphatic heterocycles. The highest BCUT2D eigenvalue weighted by Gasteiger charge is 2.09. The third-order valence-electron chi connectivity index (χ3n) is 1.79. The third-order valence-corrected chi connectivity index (χ3v) is 1.79. The third kappa shape index (κ3) is 3.23. The minimum Gasteiger partial charge on any atom is -0.490 e. The molecule has 82 valence electrons. The Morgan fingerprint density at radius 1 is 1.47 bits per heavy atom. The van der Waals surface area contributed by atoms with Crippen molar-refractivity contribution in [2.45, 2.75) is 6.10 Å². The van der Waals surface area contributed by atoms with Gasteiger partial charge >= 0.3 is 0 Å². The molecular formula is C10H13NO4. The molecule has 0 heterocycles. The number of carbonyl (C=O) groups excluding carboxylic acids is 1. The van der Waals surface area contributed by atoms with Crippen molar-refractivity contribution in [1.82, 2.24) is 0 Å². The smallest absolute Gasteiger partial charge is 0.252 e. The Kier molecular flexibility index (Phi) is 4.08. The van der Waals surface area contributed by atoms with Crippen molar-refractivity contribution in [3.05, 3.63) is 29.8 Å². The van der Waals surface area contributed by atoms with E-state index >= 15 is 0 Å². The van der Waals surface area contributed by atoms with Crippen LogP contribution in [0.15, 0.2) is 24.3 Å². The molecule has 0 radical (unpaired) electrons. The van der Waals surface area contributed by atoms with Crippen LogP contribution in [0, 0.1) is 0 Å². The van der Waals surface area contributed by atoms with E-state index in [-0.39, 0.29) is 12.2 Å². The van der Waals surface area contributed by atoms with Crippen LogP contribution in [0.25, 0.3) is 0 Å². The number of rotatable bonds is 5. The summed E-state index contributed by atoms with van der Waals surface area (Å²) in [5.74, 6) is -0.290. The first-order valence-electron chi connectivity index (χ1n) is 4.45. The van der Waals surface area contributed by atoms with Crippen molar-refractivity contribution in [3.63, 3.8) is 0 Å². The number of hydrogen-bond donors (Lipinski definition) is 3. The number of para-hydroxylation sites is 1. The van der Waals surface area contributed by atoms with Crippen LogP contribution in [0.5, 0.6) is 5.75 Å². The van der Waals surface area contributed by atoms with E-state index in [4.69, 9.17) is 20.7 Å². The van der Waals surface area contributed by atoms with Gasteiger partial charge in [0.15, 0.2) is 0 Å². The molecule has 1 aromatic rings. The van der Waals surface area contributed by atoms with E-state index in [9.17, 15) is 4.79 Å². The van der Waals surface area contributed by atoms with Crippen molar-refractivity contribution >= 4 is 5.91 Å². The lowest BCUT2D eigenvalue weighted by Crippen LogP contribution is -2.22. The van der Waals surface area contributed by atoms with E-state index in [2.05, 4.69) is 0 Å². The average molecular weight is 211 g/mol. The van der Waals surface area contributed by atoms with Gasteiger partial charge in [-0.3, -0.25) is 4.79 Å². The zero-order valence-electron chi connectivity index (χ0n) is 8.09. The number of aliphatic hydroxyl groups is 2. The lowest BCUT2D eigenvalue weighted by Gasteiger charge is -2.11. The highest BCUT2D eigenvalue weighted by molar-refractivity contribution is 5.95. The van der Waals surface area contributed by atoms with Gasteiger partial charge in [0, 0.05) is 0 Å². The summed E-state index contributed by atoms with van der Waals surface area (Å²) in [6.45, 7) is -0.473. The number of carbonyl (C=O) groups is 1. The van der Waals surface area contributed by atoms with Crippen LogP contribution < -0.4 is 10.5 Å². The summed E-state index contributed by atoms with van der Waals surface area (Å²) in [5.41, 5.74) is 5.38. The fourth-order valence-corrected chi connectivity index (χ4v) is 1.03. The molecule has 5 nitrogen and oxygen atoms in total. The molecule has 1 aromatic carbocycles. The maximum absolute atomic E-state index is 11.0. The number of nitrogens with two attached hydrogens (primary N) is 1. The minimum absolute atomic E-state index is 0.0825. The number of amides is 1. The minimum atomic E-state index is -0.967. The number of benzene rings is 1. The lowest BCUT2D eigenvalue weighted by atomic mass is 10.2. The molecule has 0 saturated heterocycles. The van der Waals surface area contributed by atoms with E-state index in [0.717, 1.165) is 0 Å². The summed E-state index contributed by atoms with van der Waals surface area (Å²) in [6.07, 6.45) is -0.967. The molecule has 1 atom stereocenters. The van der Waals surface area contributed by atoms with Gasteiger partial charge in [0.1, 0.15) is 18.5 Å². The van der Waals surface area contributed by atoms with Gasteiger partial charge in [-0.1, -0.05) is 12.1 Å². The summed E-state index contributed by atoms with van der Waals surface area (Å²) in [4.78, 5) is 11.0. The van der Waals surface area contributed by atoms with Gasteiger partial charge in [0.25, 0.3) is 5.91 Å². The molecule has 0 spiro atoms. The second-order valence-corrected chi connectivity index (χ2v) is 3.01. The van der Waals surface area contributed by atoms with E-state index < -0.39 is 18.6 Å². The summed E-state index contributed by atoms with van der Waals surface area (Å²) in [6, 6.07) is 6.45. The largest absolute Gasteiger partial charge is 0.490 e. The predicted octanol–water partition coefficient (Wildman–Crippen LogP) is -0.483.